The summed E-state index contributed by atoms with van der Waals surface area (Å²) in [7, 11) is 0. The highest BCUT2D eigenvalue weighted by Gasteiger charge is 2.40. The van der Waals surface area contributed by atoms with Crippen LogP contribution in [-0.4, -0.2) is 29.4 Å². The highest BCUT2D eigenvalue weighted by molar-refractivity contribution is 5.97. The quantitative estimate of drug-likeness (QED) is 0.745. The molecule has 0 aliphatic heterocycles. The van der Waals surface area contributed by atoms with Crippen molar-refractivity contribution >= 4 is 23.5 Å². The van der Waals surface area contributed by atoms with Gasteiger partial charge in [-0.1, -0.05) is 6.42 Å². The van der Waals surface area contributed by atoms with Gasteiger partial charge >= 0.3 is 5.97 Å². The zero-order chi connectivity index (χ0) is 17.1. The number of carboxylic acid groups (broad SMARTS) is 1. The van der Waals surface area contributed by atoms with E-state index in [2.05, 4.69) is 10.6 Å². The van der Waals surface area contributed by atoms with E-state index >= 15 is 0 Å². The Balaban J connectivity index is 1.49. The second-order valence-corrected chi connectivity index (χ2v) is 6.84. The van der Waals surface area contributed by atoms with Gasteiger partial charge in [-0.05, 0) is 61.3 Å². The summed E-state index contributed by atoms with van der Waals surface area (Å²) in [6.45, 7) is -0.416. The summed E-state index contributed by atoms with van der Waals surface area (Å²) in [5, 5.41) is 13.7. The number of benzene rings is 1. The lowest BCUT2D eigenvalue weighted by Crippen LogP contribution is -2.29. The molecule has 2 saturated carbocycles. The minimum absolute atomic E-state index is 0.0237. The van der Waals surface area contributed by atoms with E-state index in [1.54, 1.807) is 24.3 Å². The number of amides is 2. The molecule has 3 unspecified atom stereocenters. The molecule has 0 spiro atoms. The number of aliphatic carboxylic acids is 1. The van der Waals surface area contributed by atoms with Gasteiger partial charge in [0.15, 0.2) is 0 Å². The van der Waals surface area contributed by atoms with E-state index in [9.17, 15) is 14.4 Å². The fourth-order valence-corrected chi connectivity index (χ4v) is 4.04. The lowest BCUT2D eigenvalue weighted by molar-refractivity contribution is -0.135. The molecule has 24 heavy (non-hydrogen) atoms. The summed E-state index contributed by atoms with van der Waals surface area (Å²) >= 11 is 0. The van der Waals surface area contributed by atoms with Crippen molar-refractivity contribution < 1.29 is 19.5 Å². The molecule has 0 heterocycles. The molecule has 3 N–H and O–H groups in total. The maximum atomic E-state index is 12.2. The number of anilines is 1. The largest absolute Gasteiger partial charge is 0.480 e. The third kappa shape index (κ3) is 3.93. The average molecular weight is 330 g/mol. The van der Waals surface area contributed by atoms with Crippen molar-refractivity contribution in [2.75, 3.05) is 11.9 Å². The van der Waals surface area contributed by atoms with Gasteiger partial charge in [0.05, 0.1) is 0 Å². The monoisotopic (exact) mass is 330 g/mol. The van der Waals surface area contributed by atoms with Crippen LogP contribution in [0.5, 0.6) is 0 Å². The van der Waals surface area contributed by atoms with Crippen LogP contribution in [0.1, 0.15) is 42.5 Å². The molecular formula is C18H22N2O4. The first-order valence-electron chi connectivity index (χ1n) is 8.41. The Morgan fingerprint density at radius 3 is 2.42 bits per heavy atom. The maximum Gasteiger partial charge on any atom is 0.322 e. The summed E-state index contributed by atoms with van der Waals surface area (Å²) in [4.78, 5) is 34.3. The lowest BCUT2D eigenvalue weighted by Gasteiger charge is -2.20. The standard InChI is InChI=1S/C18H22N2O4/c21-16(9-14-8-11-1-2-13(14)7-11)20-15-5-3-12(4-6-15)18(24)19-10-17(22)23/h3-6,11,13-14H,1-2,7-10H2,(H,19,24)(H,20,21)(H,22,23). The van der Waals surface area contributed by atoms with Crippen molar-refractivity contribution in [3.05, 3.63) is 29.8 Å². The van der Waals surface area contributed by atoms with Gasteiger partial charge in [-0.25, -0.2) is 0 Å². The SMILES string of the molecule is O=C(O)CNC(=O)c1ccc(NC(=O)CC2CC3CCC2C3)cc1. The van der Waals surface area contributed by atoms with Crippen LogP contribution in [-0.2, 0) is 9.59 Å². The molecule has 2 bridgehead atoms. The van der Waals surface area contributed by atoms with E-state index in [0.717, 1.165) is 11.8 Å². The molecule has 2 aliphatic rings. The predicted octanol–water partition coefficient (Wildman–Crippen LogP) is 2.27. The second kappa shape index (κ2) is 7.03. The number of fused-ring (bicyclic) bond motifs is 2. The Morgan fingerprint density at radius 2 is 1.83 bits per heavy atom. The van der Waals surface area contributed by atoms with Crippen LogP contribution >= 0.6 is 0 Å². The van der Waals surface area contributed by atoms with Crippen LogP contribution in [0.4, 0.5) is 5.69 Å². The van der Waals surface area contributed by atoms with Gasteiger partial charge in [-0.3, -0.25) is 14.4 Å². The third-order valence-electron chi connectivity index (χ3n) is 5.16. The molecule has 3 rings (SSSR count). The molecule has 0 radical (unpaired) electrons. The van der Waals surface area contributed by atoms with Crippen molar-refractivity contribution in [2.45, 2.75) is 32.1 Å². The van der Waals surface area contributed by atoms with Gasteiger partial charge in [0, 0.05) is 17.7 Å². The van der Waals surface area contributed by atoms with Crippen LogP contribution in [0, 0.1) is 17.8 Å². The van der Waals surface area contributed by atoms with Crippen molar-refractivity contribution in [3.8, 4) is 0 Å². The second-order valence-electron chi connectivity index (χ2n) is 6.84. The van der Waals surface area contributed by atoms with Crippen LogP contribution < -0.4 is 10.6 Å². The number of hydrogen-bond acceptors (Lipinski definition) is 3. The summed E-state index contributed by atoms with van der Waals surface area (Å²) < 4.78 is 0. The van der Waals surface area contributed by atoms with Crippen molar-refractivity contribution in [3.63, 3.8) is 0 Å². The third-order valence-corrected chi connectivity index (χ3v) is 5.16. The van der Waals surface area contributed by atoms with Gasteiger partial charge in [0.2, 0.25) is 5.91 Å². The summed E-state index contributed by atoms with van der Waals surface area (Å²) in [5.74, 6) is 0.558. The molecule has 6 nitrogen and oxygen atoms in total. The molecule has 1 aromatic carbocycles. The van der Waals surface area contributed by atoms with Crippen LogP contribution in [0.3, 0.4) is 0 Å². The highest BCUT2D eigenvalue weighted by Crippen LogP contribution is 2.49. The smallest absolute Gasteiger partial charge is 0.322 e. The molecule has 1 aromatic rings. The van der Waals surface area contributed by atoms with Crippen LogP contribution in [0.25, 0.3) is 0 Å². The molecule has 3 atom stereocenters. The molecule has 128 valence electrons. The number of carboxylic acids is 1. The number of rotatable bonds is 6. The van der Waals surface area contributed by atoms with Gasteiger partial charge in [-0.15, -0.1) is 0 Å². The summed E-state index contributed by atoms with van der Waals surface area (Å²) in [6.07, 6.45) is 5.64. The fraction of sp³-hybridized carbons (Fsp3) is 0.500. The normalized spacial score (nSPS) is 24.6. The fourth-order valence-electron chi connectivity index (χ4n) is 4.04. The number of carbonyl (C=O) groups is 3. The molecule has 2 amide bonds. The zero-order valence-corrected chi connectivity index (χ0v) is 13.5. The minimum atomic E-state index is -1.09. The topological polar surface area (TPSA) is 95.5 Å². The lowest BCUT2D eigenvalue weighted by atomic mass is 9.86. The van der Waals surface area contributed by atoms with Gasteiger partial charge < -0.3 is 15.7 Å². The molecule has 0 aromatic heterocycles. The first-order chi connectivity index (χ1) is 11.5. The van der Waals surface area contributed by atoms with E-state index in [1.165, 1.54) is 25.7 Å². The molecule has 6 heteroatoms. The molecular weight excluding hydrogens is 308 g/mol. The van der Waals surface area contributed by atoms with Gasteiger partial charge in [0.25, 0.3) is 5.91 Å². The molecule has 2 fully saturated rings. The first kappa shape index (κ1) is 16.5. The Kier molecular flexibility index (Phi) is 4.83. The van der Waals surface area contributed by atoms with Crippen molar-refractivity contribution in [1.29, 1.82) is 0 Å². The van der Waals surface area contributed by atoms with E-state index in [-0.39, 0.29) is 5.91 Å². The average Bonchev–Trinajstić information content (AvgIpc) is 3.16. The van der Waals surface area contributed by atoms with E-state index in [4.69, 9.17) is 5.11 Å². The van der Waals surface area contributed by atoms with E-state index in [1.807, 2.05) is 0 Å². The Labute approximate surface area is 140 Å². The molecule has 0 saturated heterocycles. The van der Waals surface area contributed by atoms with Crippen LogP contribution in [0.15, 0.2) is 24.3 Å². The van der Waals surface area contributed by atoms with E-state index < -0.39 is 18.4 Å². The summed E-state index contributed by atoms with van der Waals surface area (Å²) in [5.41, 5.74) is 1.01. The van der Waals surface area contributed by atoms with Gasteiger partial charge in [-0.2, -0.15) is 0 Å². The summed E-state index contributed by atoms with van der Waals surface area (Å²) in [6, 6.07) is 6.47. The molecule has 2 aliphatic carbocycles. The van der Waals surface area contributed by atoms with E-state index in [0.29, 0.717) is 23.6 Å². The predicted molar refractivity (Wildman–Crippen MR) is 88.6 cm³/mol. The Hall–Kier alpha value is -2.37. The van der Waals surface area contributed by atoms with Crippen molar-refractivity contribution in [1.82, 2.24) is 5.32 Å². The Morgan fingerprint density at radius 1 is 1.08 bits per heavy atom. The highest BCUT2D eigenvalue weighted by atomic mass is 16.4. The number of carbonyl (C=O) groups excluding carboxylic acids is 2. The Bertz CT molecular complexity index is 641. The zero-order valence-electron chi connectivity index (χ0n) is 13.5. The number of nitrogens with one attached hydrogen (secondary N) is 2. The van der Waals surface area contributed by atoms with Crippen molar-refractivity contribution in [2.24, 2.45) is 17.8 Å². The minimum Gasteiger partial charge on any atom is -0.480 e. The van der Waals surface area contributed by atoms with Crippen LogP contribution in [0.2, 0.25) is 0 Å². The number of hydrogen-bond donors (Lipinski definition) is 3. The maximum absolute atomic E-state index is 12.2. The first-order valence-corrected chi connectivity index (χ1v) is 8.41. The van der Waals surface area contributed by atoms with Gasteiger partial charge in [0.1, 0.15) is 6.54 Å².